The molecule has 0 bridgehead atoms. The largest absolute Gasteiger partial charge is 0.333 e. The fraction of sp³-hybridized carbons (Fsp3) is 0.214. The summed E-state index contributed by atoms with van der Waals surface area (Å²) in [6.07, 6.45) is 6.63. The SMILES string of the molecule is Cc1ccc2c3c(n(C(=O)NCc4ccnc(Cl)c4)c2c1)CCN(C/C=C/c1ccc(Cl)c(Cl)c1)C3. The number of pyridine rings is 1. The van der Waals surface area contributed by atoms with Crippen molar-refractivity contribution in [2.24, 2.45) is 0 Å². The normalized spacial score (nSPS) is 13.9. The van der Waals surface area contributed by atoms with Crippen LogP contribution in [0.2, 0.25) is 15.2 Å². The van der Waals surface area contributed by atoms with Crippen LogP contribution in [0.15, 0.2) is 60.8 Å². The third-order valence-corrected chi connectivity index (χ3v) is 7.39. The summed E-state index contributed by atoms with van der Waals surface area (Å²) < 4.78 is 1.85. The summed E-state index contributed by atoms with van der Waals surface area (Å²) >= 11 is 18.2. The molecule has 1 aliphatic heterocycles. The topological polar surface area (TPSA) is 50.2 Å². The number of fused-ring (bicyclic) bond motifs is 3. The first-order chi connectivity index (χ1) is 17.4. The molecule has 0 fully saturated rings. The van der Waals surface area contributed by atoms with Crippen LogP contribution >= 0.6 is 34.8 Å². The number of aromatic nitrogens is 2. The highest BCUT2D eigenvalue weighted by molar-refractivity contribution is 6.42. The van der Waals surface area contributed by atoms with Crippen LogP contribution in [0.4, 0.5) is 4.79 Å². The van der Waals surface area contributed by atoms with Crippen LogP contribution in [0.5, 0.6) is 0 Å². The number of rotatable bonds is 5. The molecule has 1 amide bonds. The van der Waals surface area contributed by atoms with Gasteiger partial charge in [0.2, 0.25) is 0 Å². The van der Waals surface area contributed by atoms with Crippen LogP contribution in [-0.4, -0.2) is 33.6 Å². The zero-order valence-electron chi connectivity index (χ0n) is 19.8. The molecule has 0 aliphatic carbocycles. The number of benzene rings is 2. The summed E-state index contributed by atoms with van der Waals surface area (Å²) in [6, 6.07) is 15.4. The number of amides is 1. The minimum absolute atomic E-state index is 0.132. The van der Waals surface area contributed by atoms with E-state index in [4.69, 9.17) is 34.8 Å². The van der Waals surface area contributed by atoms with E-state index in [2.05, 4.69) is 45.6 Å². The van der Waals surface area contributed by atoms with Crippen LogP contribution in [0, 0.1) is 6.92 Å². The Labute approximate surface area is 225 Å². The second-order valence-corrected chi connectivity index (χ2v) is 10.2. The molecule has 1 aliphatic rings. The van der Waals surface area contributed by atoms with E-state index in [1.165, 1.54) is 5.56 Å². The maximum absolute atomic E-state index is 13.4. The van der Waals surface area contributed by atoms with Crippen molar-refractivity contribution in [3.8, 4) is 0 Å². The molecule has 3 heterocycles. The molecule has 5 rings (SSSR count). The molecule has 0 saturated carbocycles. The predicted molar refractivity (Wildman–Crippen MR) is 148 cm³/mol. The van der Waals surface area contributed by atoms with Gasteiger partial charge in [0, 0.05) is 49.9 Å². The molecule has 0 saturated heterocycles. The van der Waals surface area contributed by atoms with Crippen molar-refractivity contribution in [1.82, 2.24) is 19.8 Å². The lowest BCUT2D eigenvalue weighted by Crippen LogP contribution is -2.34. The molecule has 36 heavy (non-hydrogen) atoms. The third-order valence-electron chi connectivity index (χ3n) is 6.44. The fourth-order valence-corrected chi connectivity index (χ4v) is 5.18. The van der Waals surface area contributed by atoms with E-state index in [1.807, 2.05) is 35.8 Å². The van der Waals surface area contributed by atoms with Gasteiger partial charge in [-0.3, -0.25) is 9.47 Å². The molecule has 5 nitrogen and oxygen atoms in total. The average Bonchev–Trinajstić information content (AvgIpc) is 3.17. The monoisotopic (exact) mass is 538 g/mol. The molecule has 0 atom stereocenters. The highest BCUT2D eigenvalue weighted by Crippen LogP contribution is 2.32. The zero-order valence-corrected chi connectivity index (χ0v) is 22.0. The van der Waals surface area contributed by atoms with Gasteiger partial charge in [0.05, 0.1) is 15.6 Å². The van der Waals surface area contributed by atoms with Gasteiger partial charge in [0.15, 0.2) is 0 Å². The van der Waals surface area contributed by atoms with E-state index in [-0.39, 0.29) is 6.03 Å². The molecule has 0 unspecified atom stereocenters. The summed E-state index contributed by atoms with van der Waals surface area (Å²) in [7, 11) is 0. The summed E-state index contributed by atoms with van der Waals surface area (Å²) in [4.78, 5) is 19.8. The minimum atomic E-state index is -0.132. The van der Waals surface area contributed by atoms with Crippen molar-refractivity contribution < 1.29 is 4.79 Å². The Kier molecular flexibility index (Phi) is 7.35. The van der Waals surface area contributed by atoms with E-state index in [0.29, 0.717) is 21.7 Å². The minimum Gasteiger partial charge on any atom is -0.333 e. The molecule has 2 aromatic heterocycles. The van der Waals surface area contributed by atoms with Gasteiger partial charge in [-0.1, -0.05) is 65.2 Å². The molecule has 2 aromatic carbocycles. The second kappa shape index (κ2) is 10.7. The van der Waals surface area contributed by atoms with Gasteiger partial charge in [-0.25, -0.2) is 9.78 Å². The number of hydrogen-bond acceptors (Lipinski definition) is 3. The highest BCUT2D eigenvalue weighted by Gasteiger charge is 2.26. The molecule has 1 N–H and O–H groups in total. The number of nitrogens with one attached hydrogen (secondary N) is 1. The lowest BCUT2D eigenvalue weighted by atomic mass is 10.0. The molecule has 4 aromatic rings. The summed E-state index contributed by atoms with van der Waals surface area (Å²) in [6.45, 7) is 4.87. The quantitative estimate of drug-likeness (QED) is 0.274. The van der Waals surface area contributed by atoms with Crippen molar-refractivity contribution in [1.29, 1.82) is 0 Å². The Balaban J connectivity index is 1.36. The van der Waals surface area contributed by atoms with Crippen molar-refractivity contribution in [2.75, 3.05) is 13.1 Å². The number of carbonyl (C=O) groups excluding carboxylic acids is 1. The Morgan fingerprint density at radius 2 is 1.94 bits per heavy atom. The molecular weight excluding hydrogens is 515 g/mol. The third kappa shape index (κ3) is 5.30. The Morgan fingerprint density at radius 1 is 1.08 bits per heavy atom. The predicted octanol–water partition coefficient (Wildman–Crippen LogP) is 7.13. The lowest BCUT2D eigenvalue weighted by molar-refractivity contribution is 0.240. The van der Waals surface area contributed by atoms with Crippen LogP contribution in [0.25, 0.3) is 17.0 Å². The van der Waals surface area contributed by atoms with Crippen molar-refractivity contribution in [3.05, 3.63) is 104 Å². The first-order valence-corrected chi connectivity index (χ1v) is 12.9. The van der Waals surface area contributed by atoms with Crippen LogP contribution < -0.4 is 5.32 Å². The van der Waals surface area contributed by atoms with Crippen LogP contribution in [-0.2, 0) is 19.5 Å². The molecular formula is C28H25Cl3N4O. The first-order valence-electron chi connectivity index (χ1n) is 11.7. The van der Waals surface area contributed by atoms with E-state index in [9.17, 15) is 4.79 Å². The van der Waals surface area contributed by atoms with Gasteiger partial charge in [-0.15, -0.1) is 0 Å². The van der Waals surface area contributed by atoms with Crippen molar-refractivity contribution in [3.63, 3.8) is 0 Å². The van der Waals surface area contributed by atoms with Gasteiger partial charge in [0.1, 0.15) is 5.15 Å². The van der Waals surface area contributed by atoms with Gasteiger partial charge in [-0.05, 0) is 59.5 Å². The first kappa shape index (κ1) is 24.8. The lowest BCUT2D eigenvalue weighted by Gasteiger charge is -2.27. The Bertz CT molecular complexity index is 1480. The van der Waals surface area contributed by atoms with E-state index < -0.39 is 0 Å². The Hall–Kier alpha value is -2.83. The second-order valence-electron chi connectivity index (χ2n) is 8.99. The number of halogens is 3. The average molecular weight is 540 g/mol. The smallest absolute Gasteiger partial charge is 0.326 e. The maximum Gasteiger partial charge on any atom is 0.326 e. The van der Waals surface area contributed by atoms with E-state index >= 15 is 0 Å². The van der Waals surface area contributed by atoms with Crippen LogP contribution in [0.3, 0.4) is 0 Å². The zero-order chi connectivity index (χ0) is 25.2. The summed E-state index contributed by atoms with van der Waals surface area (Å²) in [5.41, 5.74) is 6.27. The van der Waals surface area contributed by atoms with Crippen molar-refractivity contribution in [2.45, 2.75) is 26.4 Å². The Morgan fingerprint density at radius 3 is 2.75 bits per heavy atom. The van der Waals surface area contributed by atoms with Gasteiger partial charge in [-0.2, -0.15) is 0 Å². The van der Waals surface area contributed by atoms with Gasteiger partial charge >= 0.3 is 6.03 Å². The molecule has 0 spiro atoms. The number of carbonyl (C=O) groups is 1. The maximum atomic E-state index is 13.4. The van der Waals surface area contributed by atoms with Crippen LogP contribution in [0.1, 0.15) is 27.9 Å². The highest BCUT2D eigenvalue weighted by atomic mass is 35.5. The van der Waals surface area contributed by atoms with E-state index in [1.54, 1.807) is 12.3 Å². The molecule has 184 valence electrons. The fourth-order valence-electron chi connectivity index (χ4n) is 4.67. The number of nitrogens with zero attached hydrogens (tertiary/aromatic N) is 3. The summed E-state index contributed by atoms with van der Waals surface area (Å²) in [5.74, 6) is 0. The van der Waals surface area contributed by atoms with E-state index in [0.717, 1.165) is 59.3 Å². The standard InChI is InChI=1S/C28H25Cl3N4O/c1-18-4-6-21-22-17-34(11-2-3-19-5-7-23(29)24(30)14-19)12-9-25(22)35(26(21)13-18)28(36)33-16-20-8-10-32-27(31)15-20/h2-8,10,13-15H,9,11-12,16-17H2,1H3,(H,33,36)/b3-2+. The molecule has 8 heteroatoms. The number of hydrogen-bond donors (Lipinski definition) is 1. The number of aryl methyl sites for hydroxylation is 1. The van der Waals surface area contributed by atoms with Crippen molar-refractivity contribution >= 4 is 57.8 Å². The molecule has 0 radical (unpaired) electrons. The summed E-state index contributed by atoms with van der Waals surface area (Å²) in [5, 5.41) is 5.69. The van der Waals surface area contributed by atoms with Gasteiger partial charge in [0.25, 0.3) is 0 Å². The van der Waals surface area contributed by atoms with Gasteiger partial charge < -0.3 is 5.32 Å².